The zero-order valence-corrected chi connectivity index (χ0v) is 9.40. The van der Waals surface area contributed by atoms with Crippen LogP contribution in [0.4, 0.5) is 0 Å². The van der Waals surface area contributed by atoms with Crippen LogP contribution in [0.15, 0.2) is 0 Å². The number of hydrogen-bond donors (Lipinski definition) is 0. The van der Waals surface area contributed by atoms with Gasteiger partial charge in [0.1, 0.15) is 5.78 Å². The van der Waals surface area contributed by atoms with E-state index in [0.29, 0.717) is 11.7 Å². The molecule has 13 heavy (non-hydrogen) atoms. The van der Waals surface area contributed by atoms with Gasteiger partial charge in [0, 0.05) is 18.9 Å². The molecule has 0 saturated heterocycles. The molecule has 0 aromatic rings. The first-order chi connectivity index (χ1) is 5.77. The molecule has 0 heterocycles. The minimum Gasteiger partial charge on any atom is -0.303 e. The largest absolute Gasteiger partial charge is 0.303 e. The van der Waals surface area contributed by atoms with Gasteiger partial charge in [0.05, 0.1) is 0 Å². The van der Waals surface area contributed by atoms with Gasteiger partial charge < -0.3 is 4.90 Å². The van der Waals surface area contributed by atoms with Crippen LogP contribution < -0.4 is 0 Å². The average Bonchev–Trinajstić information content (AvgIpc) is 2.47. The van der Waals surface area contributed by atoms with Crippen LogP contribution in [0.1, 0.15) is 33.1 Å². The smallest absolute Gasteiger partial charge is 0.137 e. The Balaban J connectivity index is 0.00000144. The molecular formula is C10H20ClNO. The van der Waals surface area contributed by atoms with Gasteiger partial charge in [0.2, 0.25) is 0 Å². The van der Waals surface area contributed by atoms with Gasteiger partial charge in [-0.2, -0.15) is 0 Å². The van der Waals surface area contributed by atoms with E-state index in [1.54, 1.807) is 0 Å². The molecule has 0 aromatic carbocycles. The van der Waals surface area contributed by atoms with Crippen molar-refractivity contribution in [2.24, 2.45) is 5.92 Å². The minimum atomic E-state index is 0. The SMILES string of the molecule is CCN(CC)CC1CCCC1=O.Cl. The lowest BCUT2D eigenvalue weighted by Crippen LogP contribution is -2.30. The summed E-state index contributed by atoms with van der Waals surface area (Å²) in [6, 6.07) is 0. The van der Waals surface area contributed by atoms with E-state index >= 15 is 0 Å². The summed E-state index contributed by atoms with van der Waals surface area (Å²) in [7, 11) is 0. The highest BCUT2D eigenvalue weighted by atomic mass is 35.5. The van der Waals surface area contributed by atoms with Crippen molar-refractivity contribution in [2.45, 2.75) is 33.1 Å². The molecule has 0 N–H and O–H groups in total. The molecule has 0 aromatic heterocycles. The topological polar surface area (TPSA) is 20.3 Å². The van der Waals surface area contributed by atoms with Crippen LogP contribution in [0.25, 0.3) is 0 Å². The molecule has 1 atom stereocenters. The summed E-state index contributed by atoms with van der Waals surface area (Å²) in [5.41, 5.74) is 0. The third-order valence-corrected chi connectivity index (χ3v) is 2.80. The lowest BCUT2D eigenvalue weighted by atomic mass is 10.1. The second-order valence-electron chi connectivity index (χ2n) is 3.54. The van der Waals surface area contributed by atoms with Crippen molar-refractivity contribution in [1.82, 2.24) is 4.90 Å². The summed E-state index contributed by atoms with van der Waals surface area (Å²) in [5.74, 6) is 0.840. The van der Waals surface area contributed by atoms with Gasteiger partial charge in [0.25, 0.3) is 0 Å². The van der Waals surface area contributed by atoms with Crippen LogP contribution >= 0.6 is 12.4 Å². The highest BCUT2D eigenvalue weighted by Gasteiger charge is 2.25. The maximum absolute atomic E-state index is 11.3. The predicted octanol–water partition coefficient (Wildman–Crippen LogP) is 2.12. The fourth-order valence-corrected chi connectivity index (χ4v) is 1.87. The molecule has 1 fully saturated rings. The quantitative estimate of drug-likeness (QED) is 0.701. The molecule has 1 aliphatic rings. The Morgan fingerprint density at radius 1 is 1.38 bits per heavy atom. The molecule has 1 unspecified atom stereocenters. The summed E-state index contributed by atoms with van der Waals surface area (Å²) >= 11 is 0. The number of rotatable bonds is 4. The molecule has 78 valence electrons. The highest BCUT2D eigenvalue weighted by Crippen LogP contribution is 2.21. The van der Waals surface area contributed by atoms with Gasteiger partial charge >= 0.3 is 0 Å². The van der Waals surface area contributed by atoms with E-state index in [2.05, 4.69) is 18.7 Å². The summed E-state index contributed by atoms with van der Waals surface area (Å²) in [6.45, 7) is 7.44. The molecule has 0 aliphatic heterocycles. The van der Waals surface area contributed by atoms with Crippen molar-refractivity contribution >= 4 is 18.2 Å². The Morgan fingerprint density at radius 2 is 2.00 bits per heavy atom. The molecule has 0 radical (unpaired) electrons. The second kappa shape index (κ2) is 6.39. The van der Waals surface area contributed by atoms with E-state index in [-0.39, 0.29) is 12.4 Å². The normalized spacial score (nSPS) is 22.1. The molecule has 0 spiro atoms. The molecular weight excluding hydrogens is 186 g/mol. The Morgan fingerprint density at radius 3 is 2.38 bits per heavy atom. The number of nitrogens with zero attached hydrogens (tertiary/aromatic N) is 1. The summed E-state index contributed by atoms with van der Waals surface area (Å²) in [6.07, 6.45) is 3.06. The van der Waals surface area contributed by atoms with Crippen molar-refractivity contribution in [3.05, 3.63) is 0 Å². The summed E-state index contributed by atoms with van der Waals surface area (Å²) < 4.78 is 0. The van der Waals surface area contributed by atoms with E-state index in [4.69, 9.17) is 0 Å². The van der Waals surface area contributed by atoms with Crippen molar-refractivity contribution in [2.75, 3.05) is 19.6 Å². The van der Waals surface area contributed by atoms with Gasteiger partial charge in [0.15, 0.2) is 0 Å². The van der Waals surface area contributed by atoms with E-state index < -0.39 is 0 Å². The first-order valence-corrected chi connectivity index (χ1v) is 5.03. The Hall–Kier alpha value is -0.0800. The Bertz CT molecular complexity index is 157. The lowest BCUT2D eigenvalue weighted by molar-refractivity contribution is -0.121. The number of carbonyl (C=O) groups excluding carboxylic acids is 1. The van der Waals surface area contributed by atoms with Gasteiger partial charge in [-0.3, -0.25) is 4.79 Å². The maximum atomic E-state index is 11.3. The van der Waals surface area contributed by atoms with Crippen LogP contribution in [0, 0.1) is 5.92 Å². The van der Waals surface area contributed by atoms with Crippen molar-refractivity contribution in [3.8, 4) is 0 Å². The highest BCUT2D eigenvalue weighted by molar-refractivity contribution is 5.85. The fraction of sp³-hybridized carbons (Fsp3) is 0.900. The Kier molecular flexibility index (Phi) is 6.35. The molecule has 1 aliphatic carbocycles. The third-order valence-electron chi connectivity index (χ3n) is 2.80. The number of halogens is 1. The molecule has 2 nitrogen and oxygen atoms in total. The fourth-order valence-electron chi connectivity index (χ4n) is 1.87. The number of hydrogen-bond acceptors (Lipinski definition) is 2. The monoisotopic (exact) mass is 205 g/mol. The molecule has 1 saturated carbocycles. The number of Topliss-reactive ketones (excluding diaryl/α,β-unsaturated/α-hetero) is 1. The molecule has 1 rings (SSSR count). The van der Waals surface area contributed by atoms with Gasteiger partial charge in [-0.05, 0) is 25.9 Å². The van der Waals surface area contributed by atoms with Crippen LogP contribution in [0.2, 0.25) is 0 Å². The van der Waals surface area contributed by atoms with Crippen molar-refractivity contribution < 1.29 is 4.79 Å². The Labute approximate surface area is 87.1 Å². The average molecular weight is 206 g/mol. The minimum absolute atomic E-state index is 0. The van der Waals surface area contributed by atoms with Crippen molar-refractivity contribution in [3.63, 3.8) is 0 Å². The summed E-state index contributed by atoms with van der Waals surface area (Å²) in [4.78, 5) is 13.7. The number of ketones is 1. The molecule has 0 bridgehead atoms. The van der Waals surface area contributed by atoms with E-state index in [1.807, 2.05) is 0 Å². The first kappa shape index (κ1) is 12.9. The number of carbonyl (C=O) groups is 1. The van der Waals surface area contributed by atoms with Gasteiger partial charge in [-0.25, -0.2) is 0 Å². The molecule has 0 amide bonds. The van der Waals surface area contributed by atoms with E-state index in [1.165, 1.54) is 0 Å². The van der Waals surface area contributed by atoms with E-state index in [9.17, 15) is 4.79 Å². The predicted molar refractivity (Wildman–Crippen MR) is 57.4 cm³/mol. The summed E-state index contributed by atoms with van der Waals surface area (Å²) in [5, 5.41) is 0. The maximum Gasteiger partial charge on any atom is 0.137 e. The van der Waals surface area contributed by atoms with Crippen LogP contribution in [0.5, 0.6) is 0 Å². The first-order valence-electron chi connectivity index (χ1n) is 5.03. The van der Waals surface area contributed by atoms with E-state index in [0.717, 1.165) is 38.9 Å². The van der Waals surface area contributed by atoms with Crippen LogP contribution in [-0.4, -0.2) is 30.3 Å². The standard InChI is InChI=1S/C10H19NO.ClH/c1-3-11(4-2)8-9-6-5-7-10(9)12;/h9H,3-8H2,1-2H3;1H. The lowest BCUT2D eigenvalue weighted by Gasteiger charge is -2.21. The van der Waals surface area contributed by atoms with Gasteiger partial charge in [-0.15, -0.1) is 12.4 Å². The third kappa shape index (κ3) is 3.65. The van der Waals surface area contributed by atoms with Crippen LogP contribution in [0.3, 0.4) is 0 Å². The second-order valence-corrected chi connectivity index (χ2v) is 3.54. The van der Waals surface area contributed by atoms with Crippen molar-refractivity contribution in [1.29, 1.82) is 0 Å². The van der Waals surface area contributed by atoms with Crippen LogP contribution in [-0.2, 0) is 4.79 Å². The van der Waals surface area contributed by atoms with Gasteiger partial charge in [-0.1, -0.05) is 13.8 Å². The zero-order valence-electron chi connectivity index (χ0n) is 8.58. The zero-order chi connectivity index (χ0) is 8.97. The molecule has 3 heteroatoms.